The molecule has 96 valence electrons. The van der Waals surface area contributed by atoms with Gasteiger partial charge in [-0.15, -0.1) is 0 Å². The van der Waals surface area contributed by atoms with Crippen molar-refractivity contribution in [3.63, 3.8) is 0 Å². The van der Waals surface area contributed by atoms with E-state index in [4.69, 9.17) is 16.7 Å². The number of benzene rings is 1. The molecule has 6 heteroatoms. The Balaban J connectivity index is 2.45. The number of hydrogen-bond acceptors (Lipinski definition) is 3. The number of rotatable bonds is 6. The van der Waals surface area contributed by atoms with E-state index in [9.17, 15) is 14.4 Å². The zero-order valence-electron chi connectivity index (χ0n) is 9.48. The number of Topliss-reactive ketones (excluding diaryl/α,β-unsaturated/α-hetero) is 1. The summed E-state index contributed by atoms with van der Waals surface area (Å²) < 4.78 is 0. The molecular formula is C12H12ClNO4. The number of nitrogens with one attached hydrogen (secondary N) is 1. The van der Waals surface area contributed by atoms with Crippen LogP contribution in [-0.2, 0) is 9.59 Å². The summed E-state index contributed by atoms with van der Waals surface area (Å²) in [6, 6.07) is 6.52. The molecule has 0 heterocycles. The van der Waals surface area contributed by atoms with Crippen molar-refractivity contribution in [2.45, 2.75) is 12.8 Å². The van der Waals surface area contributed by atoms with E-state index < -0.39 is 11.9 Å². The molecule has 0 aliphatic carbocycles. The van der Waals surface area contributed by atoms with Crippen molar-refractivity contribution in [1.29, 1.82) is 0 Å². The molecule has 0 fully saturated rings. The summed E-state index contributed by atoms with van der Waals surface area (Å²) in [5, 5.41) is 11.1. The Bertz CT molecular complexity index is 473. The molecule has 0 aliphatic rings. The second-order valence-electron chi connectivity index (χ2n) is 3.57. The lowest BCUT2D eigenvalue weighted by molar-refractivity contribution is -0.138. The lowest BCUT2D eigenvalue weighted by Crippen LogP contribution is -2.29. The molecule has 1 aromatic rings. The molecule has 0 aliphatic heterocycles. The first-order valence-electron chi connectivity index (χ1n) is 5.27. The van der Waals surface area contributed by atoms with Crippen molar-refractivity contribution >= 4 is 29.3 Å². The topological polar surface area (TPSA) is 83.5 Å². The number of carboxylic acids is 1. The molecule has 2 N–H and O–H groups in total. The maximum Gasteiger partial charge on any atom is 0.303 e. The van der Waals surface area contributed by atoms with Crippen LogP contribution in [-0.4, -0.2) is 29.3 Å². The van der Waals surface area contributed by atoms with Gasteiger partial charge in [0.15, 0.2) is 5.78 Å². The highest BCUT2D eigenvalue weighted by molar-refractivity contribution is 6.34. The first kappa shape index (κ1) is 14.2. The molecule has 5 nitrogen and oxygen atoms in total. The number of amides is 1. The molecule has 0 radical (unpaired) electrons. The third kappa shape index (κ3) is 4.55. The molecule has 1 aromatic carbocycles. The van der Waals surface area contributed by atoms with Gasteiger partial charge in [0.2, 0.25) is 5.91 Å². The van der Waals surface area contributed by atoms with Crippen molar-refractivity contribution in [1.82, 2.24) is 5.32 Å². The van der Waals surface area contributed by atoms with Crippen LogP contribution in [0.15, 0.2) is 24.3 Å². The molecule has 0 unspecified atom stereocenters. The van der Waals surface area contributed by atoms with Crippen molar-refractivity contribution < 1.29 is 19.5 Å². The van der Waals surface area contributed by atoms with Crippen molar-refractivity contribution in [3.05, 3.63) is 34.9 Å². The van der Waals surface area contributed by atoms with Crippen LogP contribution in [0.5, 0.6) is 0 Å². The van der Waals surface area contributed by atoms with Crippen LogP contribution in [0.2, 0.25) is 5.02 Å². The number of hydrogen-bond donors (Lipinski definition) is 2. The number of carboxylic acid groups (broad SMARTS) is 1. The van der Waals surface area contributed by atoms with Crippen LogP contribution in [0.4, 0.5) is 0 Å². The zero-order chi connectivity index (χ0) is 13.5. The average Bonchev–Trinajstić information content (AvgIpc) is 2.34. The predicted molar refractivity (Wildman–Crippen MR) is 65.7 cm³/mol. The molecule has 0 saturated carbocycles. The van der Waals surface area contributed by atoms with Crippen LogP contribution in [0.1, 0.15) is 23.2 Å². The fourth-order valence-electron chi connectivity index (χ4n) is 1.27. The average molecular weight is 270 g/mol. The Labute approximate surface area is 109 Å². The number of halogens is 1. The predicted octanol–water partition coefficient (Wildman–Crippen LogP) is 1.50. The van der Waals surface area contributed by atoms with Gasteiger partial charge >= 0.3 is 5.97 Å². The standard InChI is InChI=1S/C12H12ClNO4/c13-9-4-2-1-3-8(9)10(15)7-14-11(16)5-6-12(17)18/h1-4H,5-7H2,(H,14,16)(H,17,18). The summed E-state index contributed by atoms with van der Waals surface area (Å²) in [5.74, 6) is -1.84. The highest BCUT2D eigenvalue weighted by Crippen LogP contribution is 2.14. The van der Waals surface area contributed by atoms with Gasteiger partial charge in [0.25, 0.3) is 0 Å². The second kappa shape index (κ2) is 6.76. The lowest BCUT2D eigenvalue weighted by atomic mass is 10.1. The Morgan fingerprint density at radius 3 is 2.44 bits per heavy atom. The maximum absolute atomic E-state index is 11.7. The van der Waals surface area contributed by atoms with Gasteiger partial charge in [0.05, 0.1) is 18.0 Å². The van der Waals surface area contributed by atoms with E-state index in [0.29, 0.717) is 10.6 Å². The minimum Gasteiger partial charge on any atom is -0.481 e. The van der Waals surface area contributed by atoms with Crippen molar-refractivity contribution in [2.75, 3.05) is 6.54 Å². The van der Waals surface area contributed by atoms with Gasteiger partial charge in [0.1, 0.15) is 0 Å². The van der Waals surface area contributed by atoms with Gasteiger partial charge in [-0.25, -0.2) is 0 Å². The van der Waals surface area contributed by atoms with Crippen LogP contribution in [0, 0.1) is 0 Å². The molecule has 18 heavy (non-hydrogen) atoms. The molecule has 0 saturated heterocycles. The number of aliphatic carboxylic acids is 1. The van der Waals surface area contributed by atoms with Gasteiger partial charge in [-0.05, 0) is 12.1 Å². The zero-order valence-corrected chi connectivity index (χ0v) is 10.2. The highest BCUT2D eigenvalue weighted by atomic mass is 35.5. The smallest absolute Gasteiger partial charge is 0.303 e. The van der Waals surface area contributed by atoms with Crippen LogP contribution in [0.25, 0.3) is 0 Å². The largest absolute Gasteiger partial charge is 0.481 e. The minimum absolute atomic E-state index is 0.148. The quantitative estimate of drug-likeness (QED) is 0.767. The van der Waals surface area contributed by atoms with Crippen molar-refractivity contribution in [2.24, 2.45) is 0 Å². The van der Waals surface area contributed by atoms with Crippen LogP contribution < -0.4 is 5.32 Å². The van der Waals surface area contributed by atoms with Gasteiger partial charge < -0.3 is 10.4 Å². The molecule has 1 rings (SSSR count). The molecule has 1 amide bonds. The summed E-state index contributed by atoms with van der Waals surface area (Å²) >= 11 is 5.83. The fraction of sp³-hybridized carbons (Fsp3) is 0.250. The summed E-state index contributed by atoms with van der Waals surface area (Å²) in [6.45, 7) is -0.192. The number of ketones is 1. The fourth-order valence-corrected chi connectivity index (χ4v) is 1.51. The summed E-state index contributed by atoms with van der Waals surface area (Å²) in [7, 11) is 0. The Hall–Kier alpha value is -1.88. The first-order valence-corrected chi connectivity index (χ1v) is 5.64. The number of carbonyl (C=O) groups is 3. The third-order valence-corrected chi connectivity index (χ3v) is 2.52. The Morgan fingerprint density at radius 1 is 1.17 bits per heavy atom. The normalized spacial score (nSPS) is 9.83. The molecule has 0 atom stereocenters. The molecule has 0 spiro atoms. The van der Waals surface area contributed by atoms with E-state index in [1.54, 1.807) is 24.3 Å². The molecular weight excluding hydrogens is 258 g/mol. The SMILES string of the molecule is O=C(O)CCC(=O)NCC(=O)c1ccccc1Cl. The molecule has 0 aromatic heterocycles. The highest BCUT2D eigenvalue weighted by Gasteiger charge is 2.11. The monoisotopic (exact) mass is 269 g/mol. The van der Waals surface area contributed by atoms with Crippen LogP contribution in [0.3, 0.4) is 0 Å². The van der Waals surface area contributed by atoms with E-state index in [2.05, 4.69) is 5.32 Å². The lowest BCUT2D eigenvalue weighted by Gasteiger charge is -2.05. The van der Waals surface area contributed by atoms with Gasteiger partial charge in [0, 0.05) is 12.0 Å². The summed E-state index contributed by atoms with van der Waals surface area (Å²) in [4.78, 5) is 33.1. The van der Waals surface area contributed by atoms with Gasteiger partial charge in [-0.1, -0.05) is 23.7 Å². The van der Waals surface area contributed by atoms with E-state index in [0.717, 1.165) is 0 Å². The van der Waals surface area contributed by atoms with Gasteiger partial charge in [-0.2, -0.15) is 0 Å². The van der Waals surface area contributed by atoms with E-state index >= 15 is 0 Å². The molecule has 0 bridgehead atoms. The first-order chi connectivity index (χ1) is 8.50. The minimum atomic E-state index is -1.05. The number of carbonyl (C=O) groups excluding carboxylic acids is 2. The maximum atomic E-state index is 11.7. The van der Waals surface area contributed by atoms with Crippen LogP contribution >= 0.6 is 11.6 Å². The second-order valence-corrected chi connectivity index (χ2v) is 3.98. The van der Waals surface area contributed by atoms with E-state index in [-0.39, 0.29) is 25.2 Å². The van der Waals surface area contributed by atoms with Crippen molar-refractivity contribution in [3.8, 4) is 0 Å². The van der Waals surface area contributed by atoms with E-state index in [1.165, 1.54) is 0 Å². The summed E-state index contributed by atoms with van der Waals surface area (Å²) in [5.41, 5.74) is 0.331. The third-order valence-electron chi connectivity index (χ3n) is 2.19. The van der Waals surface area contributed by atoms with Gasteiger partial charge in [-0.3, -0.25) is 14.4 Å². The Morgan fingerprint density at radius 2 is 1.83 bits per heavy atom. The Kier molecular flexibility index (Phi) is 5.32. The van der Waals surface area contributed by atoms with E-state index in [1.807, 2.05) is 0 Å². The summed E-state index contributed by atoms with van der Waals surface area (Å²) in [6.07, 6.45) is -0.406.